The monoisotopic (exact) mass is 315 g/mol. The molecule has 0 saturated carbocycles. The third kappa shape index (κ3) is 2.88. The highest BCUT2D eigenvalue weighted by Gasteiger charge is 2.28. The fourth-order valence-corrected chi connectivity index (χ4v) is 3.84. The highest BCUT2D eigenvalue weighted by Crippen LogP contribution is 2.32. The lowest BCUT2D eigenvalue weighted by molar-refractivity contribution is -0.135. The number of aryl methyl sites for hydroxylation is 2. The number of ether oxygens (including phenoxy) is 1. The molecule has 1 aromatic carbocycles. The maximum Gasteiger partial charge on any atom is 0.261 e. The van der Waals surface area contributed by atoms with E-state index in [0.717, 1.165) is 18.7 Å². The first kappa shape index (κ1) is 15.1. The first-order valence-corrected chi connectivity index (χ1v) is 8.50. The van der Waals surface area contributed by atoms with E-state index >= 15 is 0 Å². The van der Waals surface area contributed by atoms with Gasteiger partial charge in [0.2, 0.25) is 0 Å². The molecule has 4 heteroatoms. The Morgan fingerprint density at radius 1 is 1.32 bits per heavy atom. The summed E-state index contributed by atoms with van der Waals surface area (Å²) in [6, 6.07) is 8.21. The zero-order valence-corrected chi connectivity index (χ0v) is 14.1. The molecule has 2 aromatic rings. The van der Waals surface area contributed by atoms with Gasteiger partial charge < -0.3 is 9.64 Å². The molecular weight excluding hydrogens is 294 g/mol. The lowest BCUT2D eigenvalue weighted by Gasteiger charge is -2.33. The summed E-state index contributed by atoms with van der Waals surface area (Å²) < 4.78 is 5.69. The van der Waals surface area contributed by atoms with E-state index in [1.54, 1.807) is 11.3 Å². The van der Waals surface area contributed by atoms with Crippen LogP contribution in [0, 0.1) is 13.8 Å². The number of fused-ring (bicyclic) bond motifs is 1. The van der Waals surface area contributed by atoms with E-state index in [1.807, 2.05) is 23.1 Å². The molecule has 0 N–H and O–H groups in total. The minimum Gasteiger partial charge on any atom is -0.484 e. The normalized spacial score (nSPS) is 17.2. The first-order chi connectivity index (χ1) is 10.6. The predicted molar refractivity (Wildman–Crippen MR) is 89.6 cm³/mol. The minimum absolute atomic E-state index is 0.0579. The summed E-state index contributed by atoms with van der Waals surface area (Å²) in [4.78, 5) is 15.8. The Balaban J connectivity index is 1.64. The Bertz CT molecular complexity index is 692. The van der Waals surface area contributed by atoms with E-state index in [9.17, 15) is 4.79 Å². The van der Waals surface area contributed by atoms with E-state index in [1.165, 1.54) is 21.6 Å². The van der Waals surface area contributed by atoms with Gasteiger partial charge in [0, 0.05) is 11.4 Å². The highest BCUT2D eigenvalue weighted by atomic mass is 32.1. The molecule has 1 amide bonds. The quantitative estimate of drug-likeness (QED) is 0.860. The van der Waals surface area contributed by atoms with E-state index in [-0.39, 0.29) is 18.6 Å². The average Bonchev–Trinajstić information content (AvgIpc) is 2.98. The van der Waals surface area contributed by atoms with Crippen LogP contribution < -0.4 is 4.74 Å². The number of hydrogen-bond acceptors (Lipinski definition) is 3. The molecule has 0 saturated heterocycles. The molecule has 3 rings (SSSR count). The van der Waals surface area contributed by atoms with Crippen molar-refractivity contribution < 1.29 is 9.53 Å². The molecule has 0 bridgehead atoms. The molecule has 0 fully saturated rings. The summed E-state index contributed by atoms with van der Waals surface area (Å²) >= 11 is 1.79. The molecule has 1 atom stereocenters. The number of hydrogen-bond donors (Lipinski definition) is 0. The van der Waals surface area contributed by atoms with Gasteiger partial charge >= 0.3 is 0 Å². The van der Waals surface area contributed by atoms with Gasteiger partial charge in [-0.25, -0.2) is 0 Å². The minimum atomic E-state index is 0.0579. The van der Waals surface area contributed by atoms with Crippen molar-refractivity contribution in [3.8, 4) is 5.75 Å². The topological polar surface area (TPSA) is 29.5 Å². The van der Waals surface area contributed by atoms with Crippen LogP contribution in [0.5, 0.6) is 5.75 Å². The van der Waals surface area contributed by atoms with Crippen LogP contribution in [0.2, 0.25) is 0 Å². The van der Waals surface area contributed by atoms with Crippen molar-refractivity contribution in [2.24, 2.45) is 0 Å². The Hall–Kier alpha value is -1.81. The van der Waals surface area contributed by atoms with Crippen LogP contribution in [0.1, 0.15) is 34.5 Å². The number of amides is 1. The van der Waals surface area contributed by atoms with Crippen molar-refractivity contribution in [2.75, 3.05) is 13.2 Å². The third-order valence-corrected chi connectivity index (χ3v) is 5.43. The summed E-state index contributed by atoms with van der Waals surface area (Å²) in [5.41, 5.74) is 3.70. The Morgan fingerprint density at radius 3 is 2.91 bits per heavy atom. The zero-order valence-electron chi connectivity index (χ0n) is 13.3. The van der Waals surface area contributed by atoms with E-state index < -0.39 is 0 Å². The zero-order chi connectivity index (χ0) is 15.7. The highest BCUT2D eigenvalue weighted by molar-refractivity contribution is 7.10. The van der Waals surface area contributed by atoms with Crippen molar-refractivity contribution in [2.45, 2.75) is 33.2 Å². The largest absolute Gasteiger partial charge is 0.484 e. The molecule has 116 valence electrons. The van der Waals surface area contributed by atoms with Crippen molar-refractivity contribution in [3.05, 3.63) is 51.2 Å². The van der Waals surface area contributed by atoms with E-state index in [0.29, 0.717) is 0 Å². The van der Waals surface area contributed by atoms with Crippen molar-refractivity contribution in [1.82, 2.24) is 4.90 Å². The standard InChI is InChI=1S/C18H21NO2S/c1-12-4-5-15(10-13(12)2)21-11-18(20)19-8-6-17-16(14(19)3)7-9-22-17/h4-5,7,9-10,14H,6,8,11H2,1-3H3. The fourth-order valence-electron chi connectivity index (χ4n) is 2.88. The van der Waals surface area contributed by atoms with Crippen molar-refractivity contribution in [1.29, 1.82) is 0 Å². The second-order valence-corrected chi connectivity index (χ2v) is 6.85. The SMILES string of the molecule is Cc1ccc(OCC(=O)N2CCc3sccc3C2C)cc1C. The number of carbonyl (C=O) groups excluding carboxylic acids is 1. The van der Waals surface area contributed by atoms with Gasteiger partial charge in [-0.1, -0.05) is 6.07 Å². The lowest BCUT2D eigenvalue weighted by Crippen LogP contribution is -2.40. The third-order valence-electron chi connectivity index (χ3n) is 4.44. The summed E-state index contributed by atoms with van der Waals surface area (Å²) in [5.74, 6) is 0.819. The molecular formula is C18H21NO2S. The van der Waals surface area contributed by atoms with Crippen LogP contribution in [0.4, 0.5) is 0 Å². The Morgan fingerprint density at radius 2 is 2.14 bits per heavy atom. The van der Waals surface area contributed by atoms with Crippen molar-refractivity contribution in [3.63, 3.8) is 0 Å². The van der Waals surface area contributed by atoms with Gasteiger partial charge in [0.1, 0.15) is 5.75 Å². The summed E-state index contributed by atoms with van der Waals surface area (Å²) in [6.45, 7) is 7.10. The van der Waals surface area contributed by atoms with Crippen molar-refractivity contribution >= 4 is 17.2 Å². The van der Waals surface area contributed by atoms with Crippen LogP contribution in [-0.2, 0) is 11.2 Å². The first-order valence-electron chi connectivity index (χ1n) is 7.62. The van der Waals surface area contributed by atoms with E-state index in [4.69, 9.17) is 4.74 Å². The maximum absolute atomic E-state index is 12.5. The Labute approximate surface area is 135 Å². The number of thiophene rings is 1. The van der Waals surface area contributed by atoms with E-state index in [2.05, 4.69) is 32.2 Å². The lowest BCUT2D eigenvalue weighted by atomic mass is 10.0. The van der Waals surface area contributed by atoms with Gasteiger partial charge in [-0.3, -0.25) is 4.79 Å². The molecule has 0 aliphatic carbocycles. The average molecular weight is 315 g/mol. The van der Waals surface area contributed by atoms with Crippen LogP contribution in [-0.4, -0.2) is 24.0 Å². The summed E-state index contributed by atoms with van der Waals surface area (Å²) in [6.07, 6.45) is 0.951. The number of rotatable bonds is 3. The molecule has 0 radical (unpaired) electrons. The molecule has 1 aliphatic heterocycles. The van der Waals surface area contributed by atoms with Gasteiger partial charge in [-0.15, -0.1) is 11.3 Å². The molecule has 1 aromatic heterocycles. The van der Waals surface area contributed by atoms with Crippen LogP contribution in [0.15, 0.2) is 29.6 Å². The number of benzene rings is 1. The van der Waals surface area contributed by atoms with Gasteiger partial charge in [-0.2, -0.15) is 0 Å². The Kier molecular flexibility index (Phi) is 4.21. The molecule has 2 heterocycles. The van der Waals surface area contributed by atoms with Gasteiger partial charge in [0.05, 0.1) is 6.04 Å². The number of carbonyl (C=O) groups is 1. The molecule has 0 spiro atoms. The molecule has 3 nitrogen and oxygen atoms in total. The number of nitrogens with zero attached hydrogens (tertiary/aromatic N) is 1. The fraction of sp³-hybridized carbons (Fsp3) is 0.389. The smallest absolute Gasteiger partial charge is 0.261 e. The molecule has 1 aliphatic rings. The van der Waals surface area contributed by atoms with Gasteiger partial charge in [0.25, 0.3) is 5.91 Å². The van der Waals surface area contributed by atoms with Gasteiger partial charge in [0.15, 0.2) is 6.61 Å². The van der Waals surface area contributed by atoms with Crippen LogP contribution >= 0.6 is 11.3 Å². The summed E-state index contributed by atoms with van der Waals surface area (Å²) in [7, 11) is 0. The summed E-state index contributed by atoms with van der Waals surface area (Å²) in [5, 5.41) is 2.11. The predicted octanol–water partition coefficient (Wildman–Crippen LogP) is 3.89. The molecule has 22 heavy (non-hydrogen) atoms. The van der Waals surface area contributed by atoms with Crippen LogP contribution in [0.3, 0.4) is 0 Å². The maximum atomic E-state index is 12.5. The van der Waals surface area contributed by atoms with Gasteiger partial charge in [-0.05, 0) is 67.5 Å². The second-order valence-electron chi connectivity index (χ2n) is 5.85. The molecule has 1 unspecified atom stereocenters. The van der Waals surface area contributed by atoms with Crippen LogP contribution in [0.25, 0.3) is 0 Å². The second kappa shape index (κ2) is 6.13.